The molecule has 18 heavy (non-hydrogen) atoms. The molecule has 0 aliphatic carbocycles. The summed E-state index contributed by atoms with van der Waals surface area (Å²) in [5.41, 5.74) is 1.64. The molecule has 0 aliphatic heterocycles. The molecule has 0 unspecified atom stereocenters. The summed E-state index contributed by atoms with van der Waals surface area (Å²) in [6.45, 7) is 1.91. The fourth-order valence-electron chi connectivity index (χ4n) is 1.77. The van der Waals surface area contributed by atoms with Crippen molar-refractivity contribution in [1.29, 1.82) is 0 Å². The van der Waals surface area contributed by atoms with E-state index in [1.807, 2.05) is 18.4 Å². The number of H-pyrrole nitrogens is 1. The molecule has 3 heterocycles. The van der Waals surface area contributed by atoms with Crippen LogP contribution in [0.1, 0.15) is 5.56 Å². The van der Waals surface area contributed by atoms with Crippen LogP contribution in [0.3, 0.4) is 0 Å². The topological polar surface area (TPSA) is 58.6 Å². The van der Waals surface area contributed by atoms with Gasteiger partial charge in [0.1, 0.15) is 10.7 Å². The first-order valence-corrected chi connectivity index (χ1v) is 6.91. The SMILES string of the molecule is Cc1csc2nc(-c3cncc(Br)c3)[nH]c(=O)c12. The predicted octanol–water partition coefficient (Wildman–Crippen LogP) is 3.12. The van der Waals surface area contributed by atoms with Crippen molar-refractivity contribution >= 4 is 37.5 Å². The quantitative estimate of drug-likeness (QED) is 0.749. The van der Waals surface area contributed by atoms with Crippen molar-refractivity contribution in [3.8, 4) is 11.4 Å². The Hall–Kier alpha value is -1.53. The molecule has 0 radical (unpaired) electrons. The van der Waals surface area contributed by atoms with E-state index in [0.29, 0.717) is 11.2 Å². The van der Waals surface area contributed by atoms with E-state index in [1.165, 1.54) is 11.3 Å². The molecule has 0 saturated heterocycles. The van der Waals surface area contributed by atoms with E-state index in [0.717, 1.165) is 20.4 Å². The van der Waals surface area contributed by atoms with Gasteiger partial charge in [0.25, 0.3) is 5.56 Å². The number of fused-ring (bicyclic) bond motifs is 1. The van der Waals surface area contributed by atoms with Gasteiger partial charge in [0.05, 0.1) is 5.39 Å². The summed E-state index contributed by atoms with van der Waals surface area (Å²) in [7, 11) is 0. The molecule has 3 rings (SSSR count). The van der Waals surface area contributed by atoms with Crippen LogP contribution in [0.2, 0.25) is 0 Å². The van der Waals surface area contributed by atoms with E-state index >= 15 is 0 Å². The molecule has 90 valence electrons. The summed E-state index contributed by atoms with van der Waals surface area (Å²) in [4.78, 5) is 24.1. The highest BCUT2D eigenvalue weighted by Gasteiger charge is 2.10. The Morgan fingerprint density at radius 2 is 2.22 bits per heavy atom. The molecule has 3 aromatic rings. The highest BCUT2D eigenvalue weighted by molar-refractivity contribution is 9.10. The lowest BCUT2D eigenvalue weighted by atomic mass is 10.2. The van der Waals surface area contributed by atoms with Crippen molar-refractivity contribution in [1.82, 2.24) is 15.0 Å². The number of halogens is 1. The van der Waals surface area contributed by atoms with E-state index in [-0.39, 0.29) is 5.56 Å². The van der Waals surface area contributed by atoms with Gasteiger partial charge in [0.15, 0.2) is 0 Å². The van der Waals surface area contributed by atoms with Gasteiger partial charge in [-0.3, -0.25) is 9.78 Å². The molecule has 4 nitrogen and oxygen atoms in total. The Bertz CT molecular complexity index is 793. The van der Waals surface area contributed by atoms with Gasteiger partial charge in [-0.1, -0.05) is 0 Å². The fourth-order valence-corrected chi connectivity index (χ4v) is 3.05. The van der Waals surface area contributed by atoms with Crippen molar-refractivity contribution in [2.45, 2.75) is 6.92 Å². The molecule has 1 N–H and O–H groups in total. The average Bonchev–Trinajstić information content (AvgIpc) is 2.71. The Balaban J connectivity index is 2.28. The van der Waals surface area contributed by atoms with Crippen LogP contribution >= 0.6 is 27.3 Å². The zero-order valence-corrected chi connectivity index (χ0v) is 11.8. The van der Waals surface area contributed by atoms with Crippen molar-refractivity contribution < 1.29 is 0 Å². The van der Waals surface area contributed by atoms with Crippen molar-refractivity contribution in [3.05, 3.63) is 44.2 Å². The smallest absolute Gasteiger partial charge is 0.260 e. The zero-order chi connectivity index (χ0) is 12.7. The number of nitrogens with one attached hydrogen (secondary N) is 1. The van der Waals surface area contributed by atoms with Gasteiger partial charge in [-0.05, 0) is 39.9 Å². The van der Waals surface area contributed by atoms with E-state index in [1.54, 1.807) is 12.4 Å². The number of hydrogen-bond donors (Lipinski definition) is 1. The normalized spacial score (nSPS) is 11.0. The number of aromatic nitrogens is 3. The fraction of sp³-hybridized carbons (Fsp3) is 0.0833. The minimum Gasteiger partial charge on any atom is -0.306 e. The lowest BCUT2D eigenvalue weighted by Crippen LogP contribution is -2.09. The van der Waals surface area contributed by atoms with Gasteiger partial charge in [-0.2, -0.15) is 0 Å². The highest BCUT2D eigenvalue weighted by atomic mass is 79.9. The van der Waals surface area contributed by atoms with Crippen LogP contribution in [-0.4, -0.2) is 15.0 Å². The molecule has 3 aromatic heterocycles. The molecular weight excluding hydrogens is 314 g/mol. The number of aromatic amines is 1. The first kappa shape index (κ1) is 11.6. The minimum atomic E-state index is -0.103. The summed E-state index contributed by atoms with van der Waals surface area (Å²) in [5.74, 6) is 0.545. The standard InChI is InChI=1S/C12H8BrN3OS/c1-6-5-18-12-9(6)11(17)15-10(16-12)7-2-8(13)4-14-3-7/h2-5H,1H3,(H,15,16,17). The van der Waals surface area contributed by atoms with Gasteiger partial charge in [-0.25, -0.2) is 4.98 Å². The van der Waals surface area contributed by atoms with Crippen LogP contribution in [0, 0.1) is 6.92 Å². The molecule has 0 aromatic carbocycles. The molecule has 0 atom stereocenters. The van der Waals surface area contributed by atoms with Gasteiger partial charge in [0.2, 0.25) is 0 Å². The van der Waals surface area contributed by atoms with Gasteiger partial charge in [0, 0.05) is 22.4 Å². The maximum absolute atomic E-state index is 12.0. The van der Waals surface area contributed by atoms with Crippen LogP contribution in [0.15, 0.2) is 33.1 Å². The van der Waals surface area contributed by atoms with Gasteiger partial charge >= 0.3 is 0 Å². The van der Waals surface area contributed by atoms with Gasteiger partial charge in [-0.15, -0.1) is 11.3 Å². The summed E-state index contributed by atoms with van der Waals surface area (Å²) >= 11 is 4.83. The number of rotatable bonds is 1. The molecule has 0 amide bonds. The largest absolute Gasteiger partial charge is 0.306 e. The second kappa shape index (κ2) is 4.29. The zero-order valence-electron chi connectivity index (χ0n) is 9.40. The molecule has 0 spiro atoms. The Labute approximate surface area is 115 Å². The van der Waals surface area contributed by atoms with Gasteiger partial charge < -0.3 is 4.98 Å². The van der Waals surface area contributed by atoms with Crippen LogP contribution in [-0.2, 0) is 0 Å². The van der Waals surface area contributed by atoms with E-state index in [9.17, 15) is 4.79 Å². The van der Waals surface area contributed by atoms with Crippen LogP contribution in [0.4, 0.5) is 0 Å². The van der Waals surface area contributed by atoms with Crippen molar-refractivity contribution in [2.75, 3.05) is 0 Å². The number of pyridine rings is 1. The maximum Gasteiger partial charge on any atom is 0.260 e. The Morgan fingerprint density at radius 3 is 3.00 bits per heavy atom. The van der Waals surface area contributed by atoms with E-state index < -0.39 is 0 Å². The first-order chi connectivity index (χ1) is 8.65. The van der Waals surface area contributed by atoms with E-state index in [4.69, 9.17) is 0 Å². The van der Waals surface area contributed by atoms with Crippen LogP contribution < -0.4 is 5.56 Å². The number of hydrogen-bond acceptors (Lipinski definition) is 4. The third kappa shape index (κ3) is 1.87. The van der Waals surface area contributed by atoms with Crippen molar-refractivity contribution in [3.63, 3.8) is 0 Å². The highest BCUT2D eigenvalue weighted by Crippen LogP contribution is 2.23. The van der Waals surface area contributed by atoms with Crippen LogP contribution in [0.5, 0.6) is 0 Å². The number of nitrogens with zero attached hydrogens (tertiary/aromatic N) is 2. The Kier molecular flexibility index (Phi) is 2.76. The third-order valence-corrected chi connectivity index (χ3v) is 4.03. The first-order valence-electron chi connectivity index (χ1n) is 5.24. The van der Waals surface area contributed by atoms with Crippen LogP contribution in [0.25, 0.3) is 21.6 Å². The number of aryl methyl sites for hydroxylation is 1. The summed E-state index contributed by atoms with van der Waals surface area (Å²) in [5, 5.41) is 2.61. The lowest BCUT2D eigenvalue weighted by molar-refractivity contribution is 1.17. The number of thiophene rings is 1. The lowest BCUT2D eigenvalue weighted by Gasteiger charge is -2.01. The molecule has 0 bridgehead atoms. The van der Waals surface area contributed by atoms with Crippen molar-refractivity contribution in [2.24, 2.45) is 0 Å². The summed E-state index contributed by atoms with van der Waals surface area (Å²) in [6.07, 6.45) is 3.37. The third-order valence-electron chi connectivity index (χ3n) is 2.61. The van der Waals surface area contributed by atoms with E-state index in [2.05, 4.69) is 30.9 Å². The second-order valence-corrected chi connectivity index (χ2v) is 5.68. The average molecular weight is 322 g/mol. The minimum absolute atomic E-state index is 0.103. The molecule has 0 aliphatic rings. The monoisotopic (exact) mass is 321 g/mol. The Morgan fingerprint density at radius 1 is 1.39 bits per heavy atom. The molecule has 0 fully saturated rings. The summed E-state index contributed by atoms with van der Waals surface area (Å²) in [6, 6.07) is 1.87. The second-order valence-electron chi connectivity index (χ2n) is 3.91. The molecule has 0 saturated carbocycles. The maximum atomic E-state index is 12.0. The molecular formula is C12H8BrN3OS. The predicted molar refractivity (Wildman–Crippen MR) is 75.9 cm³/mol. The molecule has 6 heteroatoms. The summed E-state index contributed by atoms with van der Waals surface area (Å²) < 4.78 is 0.852.